The predicted molar refractivity (Wildman–Crippen MR) is 112 cm³/mol. The van der Waals surface area contributed by atoms with Crippen LogP contribution < -0.4 is 10.9 Å². The summed E-state index contributed by atoms with van der Waals surface area (Å²) in [6.07, 6.45) is 3.71. The highest BCUT2D eigenvalue weighted by Crippen LogP contribution is 2.24. The van der Waals surface area contributed by atoms with Crippen LogP contribution in [0.5, 0.6) is 0 Å². The van der Waals surface area contributed by atoms with E-state index < -0.39 is 0 Å². The third kappa shape index (κ3) is 3.45. The number of fused-ring (bicyclic) bond motifs is 3. The Labute approximate surface area is 171 Å². The van der Waals surface area contributed by atoms with Crippen molar-refractivity contribution in [2.75, 3.05) is 0 Å². The van der Waals surface area contributed by atoms with E-state index >= 15 is 0 Å². The first-order valence-corrected chi connectivity index (χ1v) is 9.40. The summed E-state index contributed by atoms with van der Waals surface area (Å²) < 4.78 is 14.5. The molecule has 1 atom stereocenters. The quantitative estimate of drug-likeness (QED) is 0.409. The summed E-state index contributed by atoms with van der Waals surface area (Å²) in [4.78, 5) is 40.8. The summed E-state index contributed by atoms with van der Waals surface area (Å²) in [7, 11) is 0. The fraction of sp³-hybridized carbons (Fsp3) is 0.130. The summed E-state index contributed by atoms with van der Waals surface area (Å²) in [5, 5.41) is 4.74. The van der Waals surface area contributed by atoms with Gasteiger partial charge in [-0.3, -0.25) is 14.6 Å². The van der Waals surface area contributed by atoms with Gasteiger partial charge in [0.05, 0.1) is 23.5 Å². The minimum Gasteiger partial charge on any atom is -0.346 e. The molecule has 4 rings (SSSR count). The van der Waals surface area contributed by atoms with E-state index in [9.17, 15) is 18.8 Å². The fourth-order valence-electron chi connectivity index (χ4n) is 3.55. The van der Waals surface area contributed by atoms with E-state index in [4.69, 9.17) is 0 Å². The lowest BCUT2D eigenvalue weighted by Gasteiger charge is -2.16. The molecule has 0 saturated heterocycles. The number of nitrogens with zero attached hydrogens (tertiary/aromatic N) is 2. The number of carbonyl (C=O) groups excluding carboxylic acids is 2. The molecule has 0 unspecified atom stereocenters. The highest BCUT2D eigenvalue weighted by molar-refractivity contribution is 6.08. The van der Waals surface area contributed by atoms with E-state index in [1.54, 1.807) is 49.5 Å². The molecule has 0 aliphatic carbocycles. The Morgan fingerprint density at radius 1 is 1.13 bits per heavy atom. The third-order valence-electron chi connectivity index (χ3n) is 5.11. The van der Waals surface area contributed by atoms with Crippen LogP contribution >= 0.6 is 0 Å². The monoisotopic (exact) mass is 403 g/mol. The Hall–Kier alpha value is -3.87. The van der Waals surface area contributed by atoms with Gasteiger partial charge in [0.15, 0.2) is 0 Å². The van der Waals surface area contributed by atoms with Crippen LogP contribution in [0.3, 0.4) is 0 Å². The Kier molecular flexibility index (Phi) is 5.10. The van der Waals surface area contributed by atoms with E-state index in [1.807, 2.05) is 0 Å². The summed E-state index contributed by atoms with van der Waals surface area (Å²) in [6.45, 7) is 1.67. The summed E-state index contributed by atoms with van der Waals surface area (Å²) >= 11 is 0. The average molecular weight is 403 g/mol. The van der Waals surface area contributed by atoms with Crippen molar-refractivity contribution in [3.8, 4) is 0 Å². The highest BCUT2D eigenvalue weighted by Gasteiger charge is 2.15. The molecule has 30 heavy (non-hydrogen) atoms. The molecule has 6 nitrogen and oxygen atoms in total. The third-order valence-corrected chi connectivity index (χ3v) is 5.11. The van der Waals surface area contributed by atoms with E-state index in [0.29, 0.717) is 28.1 Å². The number of amides is 1. The van der Waals surface area contributed by atoms with Crippen molar-refractivity contribution in [1.82, 2.24) is 14.9 Å². The van der Waals surface area contributed by atoms with Gasteiger partial charge in [-0.05, 0) is 48.2 Å². The zero-order chi connectivity index (χ0) is 21.3. The van der Waals surface area contributed by atoms with Crippen LogP contribution in [0.2, 0.25) is 0 Å². The first kappa shape index (κ1) is 19.4. The van der Waals surface area contributed by atoms with Gasteiger partial charge in [-0.1, -0.05) is 18.2 Å². The minimum atomic E-state index is -0.345. The van der Waals surface area contributed by atoms with Crippen molar-refractivity contribution in [3.63, 3.8) is 0 Å². The van der Waals surface area contributed by atoms with Crippen LogP contribution in [0.15, 0.2) is 65.7 Å². The fourth-order valence-corrected chi connectivity index (χ4v) is 3.55. The van der Waals surface area contributed by atoms with Gasteiger partial charge < -0.3 is 14.7 Å². The van der Waals surface area contributed by atoms with Gasteiger partial charge in [0, 0.05) is 23.3 Å². The predicted octanol–water partition coefficient (Wildman–Crippen LogP) is 3.38. The average Bonchev–Trinajstić information content (AvgIpc) is 2.76. The number of aromatic nitrogens is 2. The van der Waals surface area contributed by atoms with Crippen molar-refractivity contribution in [2.24, 2.45) is 0 Å². The van der Waals surface area contributed by atoms with Crippen LogP contribution in [0.1, 0.15) is 28.9 Å². The smallest absolute Gasteiger partial charge is 0.260 e. The lowest BCUT2D eigenvalue weighted by molar-refractivity contribution is -0.108. The first-order chi connectivity index (χ1) is 14.5. The van der Waals surface area contributed by atoms with Crippen LogP contribution in [0, 0.1) is 5.82 Å². The topological polar surface area (TPSA) is 81.1 Å². The van der Waals surface area contributed by atoms with Crippen molar-refractivity contribution in [1.29, 1.82) is 0 Å². The van der Waals surface area contributed by atoms with Gasteiger partial charge in [0.25, 0.3) is 11.5 Å². The molecule has 0 aliphatic rings. The second-order valence-corrected chi connectivity index (χ2v) is 6.98. The molecular weight excluding hydrogens is 385 g/mol. The van der Waals surface area contributed by atoms with Crippen molar-refractivity contribution >= 4 is 33.9 Å². The maximum Gasteiger partial charge on any atom is 0.260 e. The SMILES string of the molecule is C[C@@H](NC(=O)c1ccc2c3ccncc3c(=O)n(CC=O)c2c1)c1ccc(F)cc1. The molecule has 0 aliphatic heterocycles. The molecule has 0 saturated carbocycles. The Balaban J connectivity index is 1.77. The molecule has 1 amide bonds. The molecule has 2 heterocycles. The Morgan fingerprint density at radius 3 is 2.63 bits per heavy atom. The number of rotatable bonds is 5. The van der Waals surface area contributed by atoms with Gasteiger partial charge in [0.2, 0.25) is 0 Å². The molecule has 0 radical (unpaired) electrons. The number of carbonyl (C=O) groups is 2. The number of pyridine rings is 2. The van der Waals surface area contributed by atoms with Crippen molar-refractivity contribution in [3.05, 3.63) is 88.2 Å². The molecule has 150 valence electrons. The largest absolute Gasteiger partial charge is 0.346 e. The van der Waals surface area contributed by atoms with Gasteiger partial charge in [-0.2, -0.15) is 0 Å². The highest BCUT2D eigenvalue weighted by atomic mass is 19.1. The van der Waals surface area contributed by atoms with Gasteiger partial charge >= 0.3 is 0 Å². The zero-order valence-corrected chi connectivity index (χ0v) is 16.1. The minimum absolute atomic E-state index is 0.128. The molecule has 0 spiro atoms. The Bertz CT molecular complexity index is 1330. The number of aldehydes is 1. The normalized spacial score (nSPS) is 12.1. The number of halogens is 1. The molecule has 0 bridgehead atoms. The summed E-state index contributed by atoms with van der Waals surface area (Å²) in [5.74, 6) is -0.684. The second-order valence-electron chi connectivity index (χ2n) is 6.98. The molecule has 2 aromatic heterocycles. The molecule has 0 fully saturated rings. The summed E-state index contributed by atoms with van der Waals surface area (Å²) in [6, 6.07) is 12.3. The summed E-state index contributed by atoms with van der Waals surface area (Å²) in [5.41, 5.74) is 1.27. The lowest BCUT2D eigenvalue weighted by Crippen LogP contribution is -2.27. The lowest BCUT2D eigenvalue weighted by atomic mass is 10.0. The maximum atomic E-state index is 13.1. The standard InChI is InChI=1S/C23H18FN3O3/c1-14(15-2-5-17(24)6-3-15)26-22(29)16-4-7-19-18-8-9-25-13-20(18)23(30)27(10-11-28)21(19)12-16/h2-9,11-14H,10H2,1H3,(H,26,29)/t14-/m1/s1. The molecule has 4 aromatic rings. The number of benzene rings is 2. The van der Waals surface area contributed by atoms with Gasteiger partial charge in [-0.15, -0.1) is 0 Å². The van der Waals surface area contributed by atoms with Crippen LogP contribution in [0.25, 0.3) is 21.7 Å². The van der Waals surface area contributed by atoms with E-state index in [-0.39, 0.29) is 29.9 Å². The maximum absolute atomic E-state index is 13.1. The number of hydrogen-bond donors (Lipinski definition) is 1. The second kappa shape index (κ2) is 7.87. The van der Waals surface area contributed by atoms with Crippen molar-refractivity contribution in [2.45, 2.75) is 19.5 Å². The van der Waals surface area contributed by atoms with Crippen LogP contribution in [0.4, 0.5) is 4.39 Å². The molecule has 1 N–H and O–H groups in total. The molecule has 2 aromatic carbocycles. The van der Waals surface area contributed by atoms with Crippen LogP contribution in [-0.2, 0) is 11.3 Å². The molecular formula is C23H18FN3O3. The first-order valence-electron chi connectivity index (χ1n) is 9.40. The number of nitrogens with one attached hydrogen (secondary N) is 1. The number of hydrogen-bond acceptors (Lipinski definition) is 4. The van der Waals surface area contributed by atoms with E-state index in [1.165, 1.54) is 22.9 Å². The van der Waals surface area contributed by atoms with E-state index in [0.717, 1.165) is 10.9 Å². The zero-order valence-electron chi connectivity index (χ0n) is 16.1. The van der Waals surface area contributed by atoms with Crippen LogP contribution in [-0.4, -0.2) is 21.7 Å². The van der Waals surface area contributed by atoms with Gasteiger partial charge in [0.1, 0.15) is 12.1 Å². The van der Waals surface area contributed by atoms with Gasteiger partial charge in [-0.25, -0.2) is 4.39 Å². The van der Waals surface area contributed by atoms with E-state index in [2.05, 4.69) is 10.3 Å². The molecule has 7 heteroatoms. The van der Waals surface area contributed by atoms with Crippen molar-refractivity contribution < 1.29 is 14.0 Å². The Morgan fingerprint density at radius 2 is 1.90 bits per heavy atom.